The van der Waals surface area contributed by atoms with Gasteiger partial charge in [-0.05, 0) is 71.1 Å². The van der Waals surface area contributed by atoms with Crippen LogP contribution in [0, 0.1) is 5.82 Å². The lowest BCUT2D eigenvalue weighted by atomic mass is 10.1. The molecule has 2 aromatic carbocycles. The summed E-state index contributed by atoms with van der Waals surface area (Å²) < 4.78 is 19.2. The van der Waals surface area contributed by atoms with Crippen LogP contribution in [0.4, 0.5) is 4.39 Å². The van der Waals surface area contributed by atoms with E-state index in [0.29, 0.717) is 12.2 Å². The molecule has 0 aliphatic rings. The van der Waals surface area contributed by atoms with Crippen molar-refractivity contribution in [3.63, 3.8) is 0 Å². The van der Waals surface area contributed by atoms with E-state index in [9.17, 15) is 9.18 Å². The fourth-order valence-electron chi connectivity index (χ4n) is 1.97. The van der Waals surface area contributed by atoms with Crippen molar-refractivity contribution in [3.8, 4) is 5.75 Å². The molecular formula is C17H16BrFO2. The maximum absolute atomic E-state index is 12.8. The summed E-state index contributed by atoms with van der Waals surface area (Å²) >= 11 is 3.38. The summed E-state index contributed by atoms with van der Waals surface area (Å²) in [5.74, 6) is 0.535. The number of rotatable bonds is 7. The number of hydrogen-bond acceptors (Lipinski definition) is 2. The van der Waals surface area contributed by atoms with E-state index in [-0.39, 0.29) is 5.82 Å². The minimum Gasteiger partial charge on any atom is -0.492 e. The maximum atomic E-state index is 12.8. The van der Waals surface area contributed by atoms with Gasteiger partial charge in [0.05, 0.1) is 11.1 Å². The lowest BCUT2D eigenvalue weighted by molar-refractivity contribution is 0.112. The molecule has 21 heavy (non-hydrogen) atoms. The first-order valence-electron chi connectivity index (χ1n) is 6.81. The lowest BCUT2D eigenvalue weighted by Crippen LogP contribution is -1.99. The summed E-state index contributed by atoms with van der Waals surface area (Å²) in [6, 6.07) is 11.8. The second kappa shape index (κ2) is 7.93. The number of carbonyl (C=O) groups is 1. The highest BCUT2D eigenvalue weighted by molar-refractivity contribution is 9.10. The van der Waals surface area contributed by atoms with E-state index in [1.54, 1.807) is 18.2 Å². The summed E-state index contributed by atoms with van der Waals surface area (Å²) in [5.41, 5.74) is 1.75. The Bertz CT molecular complexity index is 596. The molecule has 2 aromatic rings. The molecule has 4 heteroatoms. The molecule has 0 fully saturated rings. The fourth-order valence-corrected chi connectivity index (χ4v) is 2.48. The number of benzene rings is 2. The minimum absolute atomic E-state index is 0.203. The van der Waals surface area contributed by atoms with Crippen LogP contribution in [0.3, 0.4) is 0 Å². The van der Waals surface area contributed by atoms with E-state index < -0.39 is 0 Å². The molecule has 0 heterocycles. The van der Waals surface area contributed by atoms with Gasteiger partial charge in [0.15, 0.2) is 0 Å². The van der Waals surface area contributed by atoms with E-state index in [1.807, 2.05) is 12.1 Å². The predicted octanol–water partition coefficient (Wildman–Crippen LogP) is 4.80. The van der Waals surface area contributed by atoms with Gasteiger partial charge in [-0.25, -0.2) is 4.39 Å². The summed E-state index contributed by atoms with van der Waals surface area (Å²) in [4.78, 5) is 10.6. The zero-order valence-corrected chi connectivity index (χ0v) is 13.1. The molecule has 110 valence electrons. The van der Waals surface area contributed by atoms with Crippen molar-refractivity contribution in [2.75, 3.05) is 6.61 Å². The van der Waals surface area contributed by atoms with Crippen LogP contribution in [0.5, 0.6) is 5.75 Å². The third-order valence-corrected chi connectivity index (χ3v) is 3.74. The summed E-state index contributed by atoms with van der Waals surface area (Å²) in [6.45, 7) is 0.611. The van der Waals surface area contributed by atoms with Crippen molar-refractivity contribution in [1.82, 2.24) is 0 Å². The fraction of sp³-hybridized carbons (Fsp3) is 0.235. The highest BCUT2D eigenvalue weighted by atomic mass is 79.9. The van der Waals surface area contributed by atoms with Crippen molar-refractivity contribution in [3.05, 3.63) is 63.9 Å². The monoisotopic (exact) mass is 350 g/mol. The first-order chi connectivity index (χ1) is 10.2. The van der Waals surface area contributed by atoms with Gasteiger partial charge in [-0.3, -0.25) is 4.79 Å². The highest BCUT2D eigenvalue weighted by Crippen LogP contribution is 2.25. The molecule has 0 bridgehead atoms. The Hall–Kier alpha value is -1.68. The first-order valence-corrected chi connectivity index (χ1v) is 7.60. The van der Waals surface area contributed by atoms with Gasteiger partial charge in [0, 0.05) is 5.56 Å². The molecule has 0 aliphatic heterocycles. The molecular weight excluding hydrogens is 335 g/mol. The first kappa shape index (κ1) is 15.7. The Kier molecular flexibility index (Phi) is 5.93. The van der Waals surface area contributed by atoms with Crippen LogP contribution >= 0.6 is 15.9 Å². The molecule has 2 nitrogen and oxygen atoms in total. The molecule has 0 atom stereocenters. The van der Waals surface area contributed by atoms with Gasteiger partial charge in [0.25, 0.3) is 0 Å². The Morgan fingerprint density at radius 3 is 2.52 bits per heavy atom. The predicted molar refractivity (Wildman–Crippen MR) is 84.4 cm³/mol. The Morgan fingerprint density at radius 2 is 1.86 bits per heavy atom. The molecule has 2 rings (SSSR count). The van der Waals surface area contributed by atoms with Gasteiger partial charge >= 0.3 is 0 Å². The standard InChI is InChI=1S/C17H16BrFO2/c18-16-11-14(12-20)6-9-17(16)21-10-2-1-3-13-4-7-15(19)8-5-13/h4-9,11-12H,1-3,10H2. The van der Waals surface area contributed by atoms with E-state index in [1.165, 1.54) is 12.1 Å². The Morgan fingerprint density at radius 1 is 1.10 bits per heavy atom. The van der Waals surface area contributed by atoms with Crippen LogP contribution < -0.4 is 4.74 Å². The van der Waals surface area contributed by atoms with Crippen molar-refractivity contribution in [2.45, 2.75) is 19.3 Å². The highest BCUT2D eigenvalue weighted by Gasteiger charge is 2.02. The van der Waals surface area contributed by atoms with Crippen LogP contribution in [0.15, 0.2) is 46.9 Å². The lowest BCUT2D eigenvalue weighted by Gasteiger charge is -2.08. The maximum Gasteiger partial charge on any atom is 0.150 e. The van der Waals surface area contributed by atoms with Gasteiger partial charge < -0.3 is 4.74 Å². The topological polar surface area (TPSA) is 26.3 Å². The van der Waals surface area contributed by atoms with E-state index in [2.05, 4.69) is 15.9 Å². The van der Waals surface area contributed by atoms with Crippen molar-refractivity contribution >= 4 is 22.2 Å². The second-order valence-electron chi connectivity index (χ2n) is 4.74. The number of aryl methyl sites for hydroxylation is 1. The second-order valence-corrected chi connectivity index (χ2v) is 5.59. The zero-order valence-electron chi connectivity index (χ0n) is 11.5. The minimum atomic E-state index is -0.203. The van der Waals surface area contributed by atoms with Gasteiger partial charge in [0.1, 0.15) is 17.9 Å². The van der Waals surface area contributed by atoms with Crippen molar-refractivity contribution < 1.29 is 13.9 Å². The number of unbranched alkanes of at least 4 members (excludes halogenated alkanes) is 1. The molecule has 0 radical (unpaired) electrons. The quantitative estimate of drug-likeness (QED) is 0.529. The third kappa shape index (κ3) is 4.97. The molecule has 0 saturated heterocycles. The average molecular weight is 351 g/mol. The molecule has 0 N–H and O–H groups in total. The number of carbonyl (C=O) groups excluding carboxylic acids is 1. The van der Waals surface area contributed by atoms with Gasteiger partial charge in [-0.2, -0.15) is 0 Å². The molecule has 0 unspecified atom stereocenters. The normalized spacial score (nSPS) is 10.4. The van der Waals surface area contributed by atoms with Crippen LogP contribution in [0.1, 0.15) is 28.8 Å². The largest absolute Gasteiger partial charge is 0.492 e. The smallest absolute Gasteiger partial charge is 0.150 e. The number of aldehydes is 1. The summed E-state index contributed by atoms with van der Waals surface area (Å²) in [5, 5.41) is 0. The van der Waals surface area contributed by atoms with Crippen LogP contribution in [-0.4, -0.2) is 12.9 Å². The molecule has 0 saturated carbocycles. The van der Waals surface area contributed by atoms with E-state index in [4.69, 9.17) is 4.74 Å². The number of hydrogen-bond donors (Lipinski definition) is 0. The SMILES string of the molecule is O=Cc1ccc(OCCCCc2ccc(F)cc2)c(Br)c1. The third-order valence-electron chi connectivity index (χ3n) is 3.12. The van der Waals surface area contributed by atoms with Gasteiger partial charge in [-0.15, -0.1) is 0 Å². The van der Waals surface area contributed by atoms with Crippen LogP contribution in [0.25, 0.3) is 0 Å². The summed E-state index contributed by atoms with van der Waals surface area (Å²) in [6.07, 6.45) is 3.61. The molecule has 0 spiro atoms. The molecule has 0 aromatic heterocycles. The zero-order chi connectivity index (χ0) is 15.1. The van der Waals surface area contributed by atoms with E-state index >= 15 is 0 Å². The van der Waals surface area contributed by atoms with Gasteiger partial charge in [-0.1, -0.05) is 12.1 Å². The molecule has 0 amide bonds. The van der Waals surface area contributed by atoms with Crippen LogP contribution in [-0.2, 0) is 6.42 Å². The average Bonchev–Trinajstić information content (AvgIpc) is 2.50. The van der Waals surface area contributed by atoms with Crippen molar-refractivity contribution in [2.24, 2.45) is 0 Å². The Balaban J connectivity index is 1.72. The van der Waals surface area contributed by atoms with Crippen molar-refractivity contribution in [1.29, 1.82) is 0 Å². The number of halogens is 2. The number of ether oxygens (including phenoxy) is 1. The van der Waals surface area contributed by atoms with E-state index in [0.717, 1.165) is 41.3 Å². The molecule has 0 aliphatic carbocycles. The summed E-state index contributed by atoms with van der Waals surface area (Å²) in [7, 11) is 0. The van der Waals surface area contributed by atoms with Crippen LogP contribution in [0.2, 0.25) is 0 Å². The Labute approximate surface area is 132 Å². The van der Waals surface area contributed by atoms with Gasteiger partial charge in [0.2, 0.25) is 0 Å².